The van der Waals surface area contributed by atoms with E-state index in [-0.39, 0.29) is 18.1 Å². The SMILES string of the molecule is CN(C)C(=O)c1ccc(OC2CCCC(N)C2)nc1. The van der Waals surface area contributed by atoms with Gasteiger partial charge in [-0.3, -0.25) is 4.79 Å². The van der Waals surface area contributed by atoms with Crippen LogP contribution in [0.15, 0.2) is 18.3 Å². The smallest absolute Gasteiger partial charge is 0.254 e. The van der Waals surface area contributed by atoms with E-state index >= 15 is 0 Å². The largest absolute Gasteiger partial charge is 0.474 e. The van der Waals surface area contributed by atoms with Gasteiger partial charge in [-0.05, 0) is 31.7 Å². The van der Waals surface area contributed by atoms with Gasteiger partial charge >= 0.3 is 0 Å². The first-order chi connectivity index (χ1) is 9.06. The van der Waals surface area contributed by atoms with Gasteiger partial charge in [-0.15, -0.1) is 0 Å². The number of nitrogens with two attached hydrogens (primary N) is 1. The van der Waals surface area contributed by atoms with Crippen molar-refractivity contribution in [3.8, 4) is 5.88 Å². The molecule has 0 spiro atoms. The summed E-state index contributed by atoms with van der Waals surface area (Å²) in [6.07, 6.45) is 5.77. The van der Waals surface area contributed by atoms with Crippen LogP contribution in [0.4, 0.5) is 0 Å². The highest BCUT2D eigenvalue weighted by Crippen LogP contribution is 2.21. The van der Waals surface area contributed by atoms with Gasteiger partial charge in [0.25, 0.3) is 5.91 Å². The van der Waals surface area contributed by atoms with Gasteiger partial charge in [0.15, 0.2) is 0 Å². The molecule has 1 aromatic rings. The maximum atomic E-state index is 11.7. The molecule has 5 heteroatoms. The number of amides is 1. The van der Waals surface area contributed by atoms with Crippen LogP contribution in [0.3, 0.4) is 0 Å². The summed E-state index contributed by atoms with van der Waals surface area (Å²) >= 11 is 0. The Balaban J connectivity index is 1.97. The van der Waals surface area contributed by atoms with E-state index in [1.165, 1.54) is 4.90 Å². The van der Waals surface area contributed by atoms with Crippen LogP contribution < -0.4 is 10.5 Å². The van der Waals surface area contributed by atoms with Gasteiger partial charge in [0.1, 0.15) is 6.10 Å². The zero-order chi connectivity index (χ0) is 13.8. The number of pyridine rings is 1. The molecule has 2 N–H and O–H groups in total. The van der Waals surface area contributed by atoms with Crippen LogP contribution in [0.2, 0.25) is 0 Å². The zero-order valence-electron chi connectivity index (χ0n) is 11.5. The molecule has 0 aromatic carbocycles. The topological polar surface area (TPSA) is 68.5 Å². The molecule has 1 aromatic heterocycles. The molecule has 5 nitrogen and oxygen atoms in total. The first kappa shape index (κ1) is 13.8. The van der Waals surface area contributed by atoms with E-state index < -0.39 is 0 Å². The second kappa shape index (κ2) is 6.02. The maximum absolute atomic E-state index is 11.7. The van der Waals surface area contributed by atoms with Gasteiger partial charge in [-0.2, -0.15) is 0 Å². The number of hydrogen-bond donors (Lipinski definition) is 1. The van der Waals surface area contributed by atoms with Gasteiger partial charge in [-0.1, -0.05) is 0 Å². The van der Waals surface area contributed by atoms with Crippen molar-refractivity contribution in [3.63, 3.8) is 0 Å². The number of aromatic nitrogens is 1. The monoisotopic (exact) mass is 263 g/mol. The Kier molecular flexibility index (Phi) is 4.37. The van der Waals surface area contributed by atoms with E-state index in [1.54, 1.807) is 32.4 Å². The van der Waals surface area contributed by atoms with Gasteiger partial charge < -0.3 is 15.4 Å². The molecule has 1 heterocycles. The Morgan fingerprint density at radius 2 is 2.21 bits per heavy atom. The maximum Gasteiger partial charge on any atom is 0.254 e. The fourth-order valence-corrected chi connectivity index (χ4v) is 2.29. The minimum atomic E-state index is -0.0567. The van der Waals surface area contributed by atoms with Crippen molar-refractivity contribution in [1.29, 1.82) is 0 Å². The number of hydrogen-bond acceptors (Lipinski definition) is 4. The van der Waals surface area contributed by atoms with Crippen LogP contribution in [-0.4, -0.2) is 42.0 Å². The molecule has 0 bridgehead atoms. The van der Waals surface area contributed by atoms with Crippen LogP contribution in [-0.2, 0) is 0 Å². The van der Waals surface area contributed by atoms with Crippen LogP contribution in [0.5, 0.6) is 5.88 Å². The number of carbonyl (C=O) groups is 1. The lowest BCUT2D eigenvalue weighted by atomic mass is 9.94. The Labute approximate surface area is 113 Å². The van der Waals surface area contributed by atoms with Gasteiger partial charge in [0.2, 0.25) is 5.88 Å². The fraction of sp³-hybridized carbons (Fsp3) is 0.571. The Morgan fingerprint density at radius 1 is 1.42 bits per heavy atom. The summed E-state index contributed by atoms with van der Waals surface area (Å²) in [6, 6.07) is 3.72. The van der Waals surface area contributed by atoms with E-state index in [4.69, 9.17) is 10.5 Å². The molecule has 0 saturated heterocycles. The Bertz CT molecular complexity index is 431. The van der Waals surface area contributed by atoms with E-state index in [0.29, 0.717) is 11.4 Å². The number of carbonyl (C=O) groups excluding carboxylic acids is 1. The Morgan fingerprint density at radius 3 is 2.79 bits per heavy atom. The van der Waals surface area contributed by atoms with Crippen molar-refractivity contribution in [2.75, 3.05) is 14.1 Å². The molecular formula is C14H21N3O2. The molecule has 19 heavy (non-hydrogen) atoms. The molecule has 0 radical (unpaired) electrons. The molecule has 1 fully saturated rings. The average Bonchev–Trinajstić information content (AvgIpc) is 2.39. The lowest BCUT2D eigenvalue weighted by Gasteiger charge is -2.26. The number of rotatable bonds is 3. The molecule has 1 amide bonds. The first-order valence-electron chi connectivity index (χ1n) is 6.66. The van der Waals surface area contributed by atoms with Crippen LogP contribution in [0.25, 0.3) is 0 Å². The van der Waals surface area contributed by atoms with Crippen molar-refractivity contribution in [2.24, 2.45) is 5.73 Å². The first-order valence-corrected chi connectivity index (χ1v) is 6.66. The molecule has 1 aliphatic carbocycles. The second-order valence-corrected chi connectivity index (χ2v) is 5.25. The van der Waals surface area contributed by atoms with Crippen molar-refractivity contribution in [2.45, 2.75) is 37.8 Å². The molecule has 104 valence electrons. The quantitative estimate of drug-likeness (QED) is 0.895. The highest BCUT2D eigenvalue weighted by molar-refractivity contribution is 5.93. The summed E-state index contributed by atoms with van der Waals surface area (Å²) in [7, 11) is 3.44. The predicted molar refractivity (Wildman–Crippen MR) is 73.1 cm³/mol. The summed E-state index contributed by atoms with van der Waals surface area (Å²) in [5.41, 5.74) is 6.49. The van der Waals surface area contributed by atoms with Crippen molar-refractivity contribution >= 4 is 5.91 Å². The van der Waals surface area contributed by atoms with E-state index in [0.717, 1.165) is 25.7 Å². The van der Waals surface area contributed by atoms with Gasteiger partial charge in [0, 0.05) is 32.4 Å². The lowest BCUT2D eigenvalue weighted by Crippen LogP contribution is -2.33. The average molecular weight is 263 g/mol. The van der Waals surface area contributed by atoms with Crippen molar-refractivity contribution in [1.82, 2.24) is 9.88 Å². The second-order valence-electron chi connectivity index (χ2n) is 5.25. The molecule has 1 saturated carbocycles. The number of ether oxygens (including phenoxy) is 1. The third-order valence-electron chi connectivity index (χ3n) is 3.34. The van der Waals surface area contributed by atoms with Crippen LogP contribution in [0, 0.1) is 0 Å². The van der Waals surface area contributed by atoms with Crippen LogP contribution in [0.1, 0.15) is 36.0 Å². The van der Waals surface area contributed by atoms with Crippen molar-refractivity contribution < 1.29 is 9.53 Å². The normalized spacial score (nSPS) is 22.9. The standard InChI is InChI=1S/C14H21N3O2/c1-17(2)14(18)10-6-7-13(16-9-10)19-12-5-3-4-11(15)8-12/h6-7,9,11-12H,3-5,8,15H2,1-2H3. The Hall–Kier alpha value is -1.62. The number of nitrogens with zero attached hydrogens (tertiary/aromatic N) is 2. The summed E-state index contributed by atoms with van der Waals surface area (Å²) in [5, 5.41) is 0. The molecular weight excluding hydrogens is 242 g/mol. The van der Waals surface area contributed by atoms with Crippen LogP contribution >= 0.6 is 0 Å². The summed E-state index contributed by atoms with van der Waals surface area (Å²) < 4.78 is 5.80. The summed E-state index contributed by atoms with van der Waals surface area (Å²) in [4.78, 5) is 17.4. The summed E-state index contributed by atoms with van der Waals surface area (Å²) in [6.45, 7) is 0. The lowest BCUT2D eigenvalue weighted by molar-refractivity contribution is 0.0827. The fourth-order valence-electron chi connectivity index (χ4n) is 2.29. The molecule has 0 aliphatic heterocycles. The molecule has 2 unspecified atom stereocenters. The third-order valence-corrected chi connectivity index (χ3v) is 3.34. The minimum absolute atomic E-state index is 0.0567. The van der Waals surface area contributed by atoms with E-state index in [2.05, 4.69) is 4.98 Å². The summed E-state index contributed by atoms with van der Waals surface area (Å²) in [5.74, 6) is 0.508. The molecule has 2 rings (SSSR count). The third kappa shape index (κ3) is 3.67. The predicted octanol–water partition coefficient (Wildman–Crippen LogP) is 1.43. The van der Waals surface area contributed by atoms with Crippen molar-refractivity contribution in [3.05, 3.63) is 23.9 Å². The van der Waals surface area contributed by atoms with Gasteiger partial charge in [0.05, 0.1) is 5.56 Å². The molecule has 2 atom stereocenters. The van der Waals surface area contributed by atoms with E-state index in [9.17, 15) is 4.79 Å². The minimum Gasteiger partial charge on any atom is -0.474 e. The highest BCUT2D eigenvalue weighted by Gasteiger charge is 2.21. The highest BCUT2D eigenvalue weighted by atomic mass is 16.5. The van der Waals surface area contributed by atoms with E-state index in [1.807, 2.05) is 0 Å². The molecule has 1 aliphatic rings. The van der Waals surface area contributed by atoms with Gasteiger partial charge in [-0.25, -0.2) is 4.98 Å². The zero-order valence-corrected chi connectivity index (χ0v) is 11.5.